The van der Waals surface area contributed by atoms with E-state index in [4.69, 9.17) is 9.47 Å². The highest BCUT2D eigenvalue weighted by molar-refractivity contribution is 7.17. The van der Waals surface area contributed by atoms with Crippen molar-refractivity contribution in [3.05, 3.63) is 48.1 Å². The number of hydrogen-bond donors (Lipinski definition) is 0. The van der Waals surface area contributed by atoms with Crippen LogP contribution < -0.4 is 9.47 Å². The predicted molar refractivity (Wildman–Crippen MR) is 107 cm³/mol. The molecule has 0 bridgehead atoms. The Morgan fingerprint density at radius 2 is 2.19 bits per heavy atom. The zero-order valence-electron chi connectivity index (χ0n) is 15.5. The van der Waals surface area contributed by atoms with E-state index in [0.717, 1.165) is 54.1 Å². The molecule has 7 heteroatoms. The van der Waals surface area contributed by atoms with E-state index in [1.807, 2.05) is 36.1 Å². The molecule has 4 rings (SSSR count). The highest BCUT2D eigenvalue weighted by atomic mass is 32.1. The van der Waals surface area contributed by atoms with Crippen LogP contribution in [0.5, 0.6) is 11.6 Å². The Bertz CT molecular complexity index is 912. The second-order valence-corrected chi connectivity index (χ2v) is 7.65. The fraction of sp³-hybridized carbons (Fsp3) is 0.400. The highest BCUT2D eigenvalue weighted by Crippen LogP contribution is 2.31. The van der Waals surface area contributed by atoms with Gasteiger partial charge >= 0.3 is 0 Å². The normalized spacial score (nSPS) is 15.9. The van der Waals surface area contributed by atoms with E-state index < -0.39 is 0 Å². The number of piperidine rings is 1. The molecular formula is C20H24N4O2S. The summed E-state index contributed by atoms with van der Waals surface area (Å²) in [6.07, 6.45) is 5.85. The molecule has 4 heterocycles. The molecular weight excluding hydrogens is 360 g/mol. The lowest BCUT2D eigenvalue weighted by atomic mass is 10.1. The summed E-state index contributed by atoms with van der Waals surface area (Å²) in [5, 5.41) is 6.46. The van der Waals surface area contributed by atoms with E-state index in [0.29, 0.717) is 12.5 Å². The van der Waals surface area contributed by atoms with E-state index in [2.05, 4.69) is 26.9 Å². The lowest BCUT2D eigenvalue weighted by Crippen LogP contribution is -2.38. The number of aryl methyl sites for hydroxylation is 1. The van der Waals surface area contributed by atoms with Gasteiger partial charge in [-0.25, -0.2) is 0 Å². The van der Waals surface area contributed by atoms with Gasteiger partial charge in [0.25, 0.3) is 0 Å². The number of fused-ring (bicyclic) bond motifs is 1. The van der Waals surface area contributed by atoms with Crippen LogP contribution in [0.4, 0.5) is 0 Å². The van der Waals surface area contributed by atoms with Gasteiger partial charge in [0, 0.05) is 38.9 Å². The van der Waals surface area contributed by atoms with Crippen molar-refractivity contribution in [2.45, 2.75) is 25.5 Å². The SMILES string of the molecule is C=CCOc1cc(CN2CCC(Oc3ccnc4ccsc34)CC2)n(C)n1. The number of hydrogen-bond acceptors (Lipinski definition) is 6. The summed E-state index contributed by atoms with van der Waals surface area (Å²) in [5.41, 5.74) is 2.17. The number of thiophene rings is 1. The lowest BCUT2D eigenvalue weighted by Gasteiger charge is -2.32. The molecule has 0 saturated carbocycles. The molecule has 0 spiro atoms. The molecule has 1 fully saturated rings. The van der Waals surface area contributed by atoms with E-state index in [1.165, 1.54) is 0 Å². The molecule has 1 aliphatic rings. The Morgan fingerprint density at radius 1 is 1.33 bits per heavy atom. The van der Waals surface area contributed by atoms with Crippen LogP contribution in [0.15, 0.2) is 42.4 Å². The Kier molecular flexibility index (Phi) is 5.40. The molecule has 142 valence electrons. The van der Waals surface area contributed by atoms with Gasteiger partial charge in [-0.05, 0) is 30.4 Å². The van der Waals surface area contributed by atoms with E-state index >= 15 is 0 Å². The Hall–Kier alpha value is -2.38. The fourth-order valence-corrected chi connectivity index (χ4v) is 4.18. The minimum Gasteiger partial charge on any atom is -0.489 e. The van der Waals surface area contributed by atoms with E-state index in [-0.39, 0.29) is 6.10 Å². The average molecular weight is 385 g/mol. The lowest BCUT2D eigenvalue weighted by molar-refractivity contribution is 0.0967. The second kappa shape index (κ2) is 8.10. The molecule has 0 aromatic carbocycles. The Balaban J connectivity index is 1.32. The number of ether oxygens (including phenoxy) is 2. The van der Waals surface area contributed by atoms with Crippen LogP contribution in [0.3, 0.4) is 0 Å². The van der Waals surface area contributed by atoms with Gasteiger partial charge < -0.3 is 9.47 Å². The minimum absolute atomic E-state index is 0.256. The van der Waals surface area contributed by atoms with Crippen molar-refractivity contribution in [3.63, 3.8) is 0 Å². The molecule has 0 aliphatic carbocycles. The third kappa shape index (κ3) is 4.14. The third-order valence-corrected chi connectivity index (χ3v) is 5.74. The summed E-state index contributed by atoms with van der Waals surface area (Å²) in [6, 6.07) is 6.03. The van der Waals surface area contributed by atoms with E-state index in [9.17, 15) is 0 Å². The number of pyridine rings is 1. The van der Waals surface area contributed by atoms with Gasteiger partial charge in [0.05, 0.1) is 15.9 Å². The first-order valence-corrected chi connectivity index (χ1v) is 10.1. The molecule has 3 aromatic heterocycles. The molecule has 0 N–H and O–H groups in total. The summed E-state index contributed by atoms with van der Waals surface area (Å²) in [6.45, 7) is 7.04. The van der Waals surface area contributed by atoms with Gasteiger partial charge in [-0.2, -0.15) is 0 Å². The first-order valence-electron chi connectivity index (χ1n) is 9.21. The Labute approximate surface area is 163 Å². The number of aromatic nitrogens is 3. The van der Waals surface area contributed by atoms with Gasteiger partial charge in [-0.3, -0.25) is 14.6 Å². The van der Waals surface area contributed by atoms with Crippen molar-refractivity contribution in [2.75, 3.05) is 19.7 Å². The summed E-state index contributed by atoms with van der Waals surface area (Å²) in [4.78, 5) is 6.83. The molecule has 1 aliphatic heterocycles. The van der Waals surface area contributed by atoms with Crippen molar-refractivity contribution >= 4 is 21.6 Å². The quantitative estimate of drug-likeness (QED) is 0.582. The second-order valence-electron chi connectivity index (χ2n) is 6.73. The maximum absolute atomic E-state index is 6.29. The maximum atomic E-state index is 6.29. The summed E-state index contributed by atoms with van der Waals surface area (Å²) in [7, 11) is 1.96. The molecule has 1 saturated heterocycles. The summed E-state index contributed by atoms with van der Waals surface area (Å²) in [5.74, 6) is 1.62. The van der Waals surface area contributed by atoms with Gasteiger partial charge in [0.15, 0.2) is 0 Å². The van der Waals surface area contributed by atoms with Gasteiger partial charge in [-0.1, -0.05) is 12.7 Å². The molecule has 0 atom stereocenters. The standard InChI is InChI=1S/C20H24N4O2S/c1-3-11-25-19-13-15(23(2)22-19)14-24-9-5-16(6-10-24)26-18-4-8-21-17-7-12-27-20(17)18/h3-4,7-8,12-13,16H,1,5-6,9-11,14H2,2H3. The van der Waals surface area contributed by atoms with Crippen molar-refractivity contribution in [3.8, 4) is 11.6 Å². The van der Waals surface area contributed by atoms with Crippen LogP contribution >= 0.6 is 11.3 Å². The van der Waals surface area contributed by atoms with Crippen LogP contribution in [0.25, 0.3) is 10.2 Å². The maximum Gasteiger partial charge on any atom is 0.233 e. The molecule has 3 aromatic rings. The van der Waals surface area contributed by atoms with E-state index in [1.54, 1.807) is 17.4 Å². The Morgan fingerprint density at radius 3 is 3.00 bits per heavy atom. The average Bonchev–Trinajstić information content (AvgIpc) is 3.29. The molecule has 6 nitrogen and oxygen atoms in total. The van der Waals surface area contributed by atoms with Crippen LogP contribution in [-0.4, -0.2) is 45.5 Å². The summed E-state index contributed by atoms with van der Waals surface area (Å²) >= 11 is 1.69. The number of rotatable bonds is 7. The molecule has 0 amide bonds. The molecule has 27 heavy (non-hydrogen) atoms. The largest absolute Gasteiger partial charge is 0.489 e. The topological polar surface area (TPSA) is 52.4 Å². The zero-order valence-corrected chi connectivity index (χ0v) is 16.3. The fourth-order valence-electron chi connectivity index (χ4n) is 3.38. The van der Waals surface area contributed by atoms with Crippen molar-refractivity contribution in [1.82, 2.24) is 19.7 Å². The molecule has 0 radical (unpaired) electrons. The van der Waals surface area contributed by atoms with Crippen molar-refractivity contribution in [1.29, 1.82) is 0 Å². The van der Waals surface area contributed by atoms with Crippen molar-refractivity contribution in [2.24, 2.45) is 7.05 Å². The number of likely N-dealkylation sites (tertiary alicyclic amines) is 1. The van der Waals surface area contributed by atoms with Gasteiger partial charge in [-0.15, -0.1) is 16.4 Å². The monoisotopic (exact) mass is 384 g/mol. The molecule has 0 unspecified atom stereocenters. The zero-order chi connectivity index (χ0) is 18.6. The van der Waals surface area contributed by atoms with Crippen LogP contribution in [0.1, 0.15) is 18.5 Å². The van der Waals surface area contributed by atoms with Gasteiger partial charge in [0.1, 0.15) is 18.5 Å². The van der Waals surface area contributed by atoms with Crippen molar-refractivity contribution < 1.29 is 9.47 Å². The highest BCUT2D eigenvalue weighted by Gasteiger charge is 2.22. The first kappa shape index (κ1) is 18.0. The summed E-state index contributed by atoms with van der Waals surface area (Å²) < 4.78 is 14.9. The first-order chi connectivity index (χ1) is 13.2. The smallest absolute Gasteiger partial charge is 0.233 e. The van der Waals surface area contributed by atoms with Crippen LogP contribution in [0, 0.1) is 0 Å². The van der Waals surface area contributed by atoms with Crippen LogP contribution in [-0.2, 0) is 13.6 Å². The number of nitrogens with zero attached hydrogens (tertiary/aromatic N) is 4. The third-order valence-electron chi connectivity index (χ3n) is 4.82. The predicted octanol–water partition coefficient (Wildman–Crippen LogP) is 3.64. The van der Waals surface area contributed by atoms with Crippen LogP contribution in [0.2, 0.25) is 0 Å². The van der Waals surface area contributed by atoms with Gasteiger partial charge in [0.2, 0.25) is 5.88 Å². The minimum atomic E-state index is 0.256.